The largest absolute Gasteiger partial charge is 0.198 e. The van der Waals surface area contributed by atoms with Gasteiger partial charge < -0.3 is 0 Å². The highest BCUT2D eigenvalue weighted by molar-refractivity contribution is 5.23. The second-order valence-corrected chi connectivity index (χ2v) is 1.40. The van der Waals surface area contributed by atoms with Gasteiger partial charge in [0.1, 0.15) is 0 Å². The molecule has 0 nitrogen and oxygen atoms in total. The summed E-state index contributed by atoms with van der Waals surface area (Å²) in [4.78, 5) is 0. The van der Waals surface area contributed by atoms with Crippen LogP contribution in [0.15, 0.2) is 41.9 Å². The highest BCUT2D eigenvalue weighted by atomic mass is 19.1. The number of hydrogen-bond acceptors (Lipinski definition) is 0. The first-order chi connectivity index (χ1) is 3.89. The lowest BCUT2D eigenvalue weighted by atomic mass is 10.4. The first-order valence-electron chi connectivity index (χ1n) is 2.35. The Balaban J connectivity index is 2.95. The third-order valence-electron chi connectivity index (χ3n) is 0.782. The van der Waals surface area contributed by atoms with E-state index in [1.54, 1.807) is 18.2 Å². The Morgan fingerprint density at radius 3 is 3.00 bits per heavy atom. The summed E-state index contributed by atoms with van der Waals surface area (Å²) in [5, 5.41) is 0. The van der Waals surface area contributed by atoms with E-state index in [2.05, 4.69) is 5.73 Å². The number of hydrogen-bond donors (Lipinski definition) is 0. The number of halogens is 1. The van der Waals surface area contributed by atoms with Crippen molar-refractivity contribution in [2.45, 2.75) is 0 Å². The molecule has 0 heterocycles. The second-order valence-electron chi connectivity index (χ2n) is 1.40. The molecule has 0 atom stereocenters. The molecule has 0 amide bonds. The van der Waals surface area contributed by atoms with Crippen molar-refractivity contribution in [1.82, 2.24) is 0 Å². The topological polar surface area (TPSA) is 0 Å². The van der Waals surface area contributed by atoms with E-state index >= 15 is 0 Å². The summed E-state index contributed by atoms with van der Waals surface area (Å²) < 4.78 is 12.1. The van der Waals surface area contributed by atoms with Gasteiger partial charge in [-0.25, -0.2) is 0 Å². The molecule has 0 aliphatic heterocycles. The molecular formula is C7H5F. The van der Waals surface area contributed by atoms with Crippen LogP contribution in [0, 0.1) is 0 Å². The molecule has 0 saturated carbocycles. The lowest BCUT2D eigenvalue weighted by Gasteiger charge is -1.70. The first-order valence-corrected chi connectivity index (χ1v) is 2.35. The summed E-state index contributed by atoms with van der Waals surface area (Å²) in [7, 11) is 0. The van der Waals surface area contributed by atoms with E-state index in [-0.39, 0.29) is 5.83 Å². The molecule has 0 N–H and O–H groups in total. The maximum absolute atomic E-state index is 12.1. The van der Waals surface area contributed by atoms with Crippen LogP contribution in [-0.4, -0.2) is 0 Å². The molecule has 0 aromatic rings. The predicted molar refractivity (Wildman–Crippen MR) is 31.0 cm³/mol. The van der Waals surface area contributed by atoms with Crippen molar-refractivity contribution < 1.29 is 4.39 Å². The Morgan fingerprint density at radius 2 is 2.12 bits per heavy atom. The Hall–Kier alpha value is -1.07. The smallest absolute Gasteiger partial charge is 0.165 e. The van der Waals surface area contributed by atoms with Crippen LogP contribution in [0.1, 0.15) is 0 Å². The van der Waals surface area contributed by atoms with Gasteiger partial charge in [-0.1, -0.05) is 24.0 Å². The van der Waals surface area contributed by atoms with E-state index in [1.165, 1.54) is 12.2 Å². The van der Waals surface area contributed by atoms with Crippen molar-refractivity contribution in [3.8, 4) is 0 Å². The maximum Gasteiger partial charge on any atom is 0.165 e. The minimum absolute atomic E-state index is 0.324. The second kappa shape index (κ2) is 2.29. The van der Waals surface area contributed by atoms with Crippen LogP contribution in [0.2, 0.25) is 0 Å². The molecule has 0 fully saturated rings. The summed E-state index contributed by atoms with van der Waals surface area (Å²) in [6.45, 7) is 0. The molecule has 0 spiro atoms. The highest BCUT2D eigenvalue weighted by Gasteiger charge is 1.80. The summed E-state index contributed by atoms with van der Waals surface area (Å²) in [5.74, 6) is -0.324. The van der Waals surface area contributed by atoms with E-state index < -0.39 is 0 Å². The van der Waals surface area contributed by atoms with E-state index in [9.17, 15) is 4.39 Å². The molecule has 0 saturated heterocycles. The Kier molecular flexibility index (Phi) is 1.45. The molecule has 0 radical (unpaired) electrons. The number of allylic oxidation sites excluding steroid dienone is 5. The van der Waals surface area contributed by atoms with Gasteiger partial charge in [0, 0.05) is 0 Å². The molecule has 0 aromatic heterocycles. The Morgan fingerprint density at radius 1 is 1.25 bits per heavy atom. The predicted octanol–water partition coefficient (Wildman–Crippen LogP) is 2.12. The van der Waals surface area contributed by atoms with Crippen molar-refractivity contribution >= 4 is 0 Å². The van der Waals surface area contributed by atoms with Crippen LogP contribution >= 0.6 is 0 Å². The van der Waals surface area contributed by atoms with Crippen molar-refractivity contribution in [2.75, 3.05) is 0 Å². The Labute approximate surface area is 47.3 Å². The fourth-order valence-electron chi connectivity index (χ4n) is 0.436. The van der Waals surface area contributed by atoms with Crippen molar-refractivity contribution in [1.29, 1.82) is 0 Å². The summed E-state index contributed by atoms with van der Waals surface area (Å²) in [6.07, 6.45) is 8.00. The maximum atomic E-state index is 12.1. The molecule has 0 aromatic carbocycles. The molecular weight excluding hydrogens is 103 g/mol. The van der Waals surface area contributed by atoms with Crippen LogP contribution in [0.25, 0.3) is 0 Å². The minimum Gasteiger partial charge on any atom is -0.198 e. The van der Waals surface area contributed by atoms with Gasteiger partial charge in [-0.05, 0) is 12.2 Å². The lowest BCUT2D eigenvalue weighted by Crippen LogP contribution is -1.53. The molecule has 1 heteroatoms. The minimum atomic E-state index is -0.324. The monoisotopic (exact) mass is 108 g/mol. The zero-order valence-corrected chi connectivity index (χ0v) is 4.26. The molecule has 0 unspecified atom stereocenters. The van der Waals surface area contributed by atoms with E-state index in [4.69, 9.17) is 0 Å². The van der Waals surface area contributed by atoms with E-state index in [0.717, 1.165) is 0 Å². The van der Waals surface area contributed by atoms with Gasteiger partial charge >= 0.3 is 0 Å². The SMILES string of the molecule is FC1=C=CC=CC=C1. The zero-order valence-electron chi connectivity index (χ0n) is 4.26. The Bertz CT molecular complexity index is 190. The number of rotatable bonds is 0. The first kappa shape index (κ1) is 5.07. The van der Waals surface area contributed by atoms with E-state index in [0.29, 0.717) is 0 Å². The van der Waals surface area contributed by atoms with Crippen LogP contribution in [0.3, 0.4) is 0 Å². The fraction of sp³-hybridized carbons (Fsp3) is 0. The van der Waals surface area contributed by atoms with Crippen molar-refractivity contribution in [2.24, 2.45) is 0 Å². The zero-order chi connectivity index (χ0) is 5.82. The lowest BCUT2D eigenvalue weighted by molar-refractivity contribution is 0.669. The summed E-state index contributed by atoms with van der Waals surface area (Å²) in [6, 6.07) is 0. The molecule has 0 bridgehead atoms. The van der Waals surface area contributed by atoms with Gasteiger partial charge in [0.2, 0.25) is 0 Å². The summed E-state index contributed by atoms with van der Waals surface area (Å²) >= 11 is 0. The van der Waals surface area contributed by atoms with E-state index in [1.807, 2.05) is 0 Å². The third kappa shape index (κ3) is 1.21. The van der Waals surface area contributed by atoms with Crippen molar-refractivity contribution in [3.63, 3.8) is 0 Å². The standard InChI is InChI=1S/C7H5F/c8-7-5-3-1-2-4-6-7/h1-5H. The average molecular weight is 108 g/mol. The highest BCUT2D eigenvalue weighted by Crippen LogP contribution is 1.98. The van der Waals surface area contributed by atoms with Crippen molar-refractivity contribution in [3.05, 3.63) is 41.9 Å². The van der Waals surface area contributed by atoms with Gasteiger partial charge in [0.25, 0.3) is 0 Å². The summed E-state index contributed by atoms with van der Waals surface area (Å²) in [5.41, 5.74) is 2.40. The van der Waals surface area contributed by atoms with Gasteiger partial charge in [-0.3, -0.25) is 0 Å². The third-order valence-corrected chi connectivity index (χ3v) is 0.782. The van der Waals surface area contributed by atoms with Crippen LogP contribution in [-0.2, 0) is 0 Å². The van der Waals surface area contributed by atoms with Gasteiger partial charge in [-0.15, -0.1) is 0 Å². The molecule has 1 aliphatic carbocycles. The molecule has 40 valence electrons. The molecule has 1 aliphatic rings. The molecule has 1 rings (SSSR count). The fourth-order valence-corrected chi connectivity index (χ4v) is 0.436. The average Bonchev–Trinajstić information content (AvgIpc) is 1.94. The van der Waals surface area contributed by atoms with Crippen LogP contribution in [0.5, 0.6) is 0 Å². The van der Waals surface area contributed by atoms with Gasteiger partial charge in [0.15, 0.2) is 5.83 Å². The van der Waals surface area contributed by atoms with Crippen LogP contribution in [0.4, 0.5) is 4.39 Å². The van der Waals surface area contributed by atoms with Gasteiger partial charge in [0.05, 0.1) is 0 Å². The van der Waals surface area contributed by atoms with Crippen LogP contribution < -0.4 is 0 Å². The normalized spacial score (nSPS) is 15.9. The quantitative estimate of drug-likeness (QED) is 0.417. The van der Waals surface area contributed by atoms with Gasteiger partial charge in [-0.2, -0.15) is 4.39 Å². The molecule has 8 heavy (non-hydrogen) atoms.